The first kappa shape index (κ1) is 20.3. The predicted molar refractivity (Wildman–Crippen MR) is 127 cm³/mol. The summed E-state index contributed by atoms with van der Waals surface area (Å²) < 4.78 is 0. The highest BCUT2D eigenvalue weighted by Gasteiger charge is 2.12. The highest BCUT2D eigenvalue weighted by atomic mass is 15.2. The summed E-state index contributed by atoms with van der Waals surface area (Å²) in [6, 6.07) is 12.0. The molecule has 0 radical (unpaired) electrons. The number of hydrogen-bond donors (Lipinski definition) is 3. The molecule has 9 heteroatoms. The second kappa shape index (κ2) is 8.89. The van der Waals surface area contributed by atoms with Gasteiger partial charge < -0.3 is 20.5 Å². The third-order valence-corrected chi connectivity index (χ3v) is 5.53. The van der Waals surface area contributed by atoms with Crippen molar-refractivity contribution in [3.63, 3.8) is 0 Å². The van der Waals surface area contributed by atoms with Crippen molar-refractivity contribution < 1.29 is 0 Å². The van der Waals surface area contributed by atoms with Crippen LogP contribution < -0.4 is 15.5 Å². The van der Waals surface area contributed by atoms with E-state index in [9.17, 15) is 0 Å². The van der Waals surface area contributed by atoms with Gasteiger partial charge in [0.25, 0.3) is 0 Å². The van der Waals surface area contributed by atoms with Crippen molar-refractivity contribution >= 4 is 28.6 Å². The summed E-state index contributed by atoms with van der Waals surface area (Å²) in [5, 5.41) is 6.70. The van der Waals surface area contributed by atoms with Gasteiger partial charge in [-0.3, -0.25) is 4.90 Å². The van der Waals surface area contributed by atoms with Crippen molar-refractivity contribution in [2.75, 3.05) is 50.5 Å². The molecule has 0 bridgehead atoms. The van der Waals surface area contributed by atoms with Gasteiger partial charge in [-0.1, -0.05) is 0 Å². The molecule has 9 nitrogen and oxygen atoms in total. The highest BCUT2D eigenvalue weighted by molar-refractivity contribution is 5.82. The summed E-state index contributed by atoms with van der Waals surface area (Å²) in [6.45, 7) is 5.15. The number of fused-ring (bicyclic) bond motifs is 1. The number of pyridine rings is 1. The number of piperazine rings is 1. The van der Waals surface area contributed by atoms with Crippen molar-refractivity contribution in [3.05, 3.63) is 54.4 Å². The van der Waals surface area contributed by atoms with E-state index in [-0.39, 0.29) is 0 Å². The molecule has 3 aromatic heterocycles. The van der Waals surface area contributed by atoms with Crippen LogP contribution in [0.3, 0.4) is 0 Å². The molecule has 1 aromatic carbocycles. The van der Waals surface area contributed by atoms with E-state index in [2.05, 4.69) is 52.6 Å². The minimum absolute atomic E-state index is 0.659. The number of aromatic amines is 1. The van der Waals surface area contributed by atoms with E-state index in [0.717, 1.165) is 61.0 Å². The van der Waals surface area contributed by atoms with Gasteiger partial charge in [-0.15, -0.1) is 0 Å². The molecule has 0 unspecified atom stereocenters. The molecule has 0 amide bonds. The zero-order valence-corrected chi connectivity index (χ0v) is 18.3. The summed E-state index contributed by atoms with van der Waals surface area (Å²) in [6.07, 6.45) is 3.62. The minimum atomic E-state index is 0.659. The Balaban J connectivity index is 1.34. The standard InChI is InChI=1S/C23H27N9/c1-31(2)21-6-8-26-22(30-21)17-3-4-18-19(14-17)28-23(27-18)29-20-13-16(5-7-25-20)15-32-11-9-24-10-12-32/h3-8,13-14,24H,9-12,15H2,1-2H3,(H2,25,27,28,29). The second-order valence-electron chi connectivity index (χ2n) is 8.15. The summed E-state index contributed by atoms with van der Waals surface area (Å²) >= 11 is 0. The van der Waals surface area contributed by atoms with Gasteiger partial charge in [0.1, 0.15) is 11.6 Å². The lowest BCUT2D eigenvalue weighted by Crippen LogP contribution is -2.42. The number of anilines is 3. The van der Waals surface area contributed by atoms with E-state index in [4.69, 9.17) is 0 Å². The first-order chi connectivity index (χ1) is 15.6. The van der Waals surface area contributed by atoms with Crippen LogP contribution in [0, 0.1) is 0 Å². The average Bonchev–Trinajstić information content (AvgIpc) is 3.21. The largest absolute Gasteiger partial charge is 0.363 e. The Kier molecular flexibility index (Phi) is 5.66. The monoisotopic (exact) mass is 429 g/mol. The maximum Gasteiger partial charge on any atom is 0.206 e. The molecule has 3 N–H and O–H groups in total. The predicted octanol–water partition coefficient (Wildman–Crippen LogP) is 2.63. The summed E-state index contributed by atoms with van der Waals surface area (Å²) in [5.41, 5.74) is 3.96. The smallest absolute Gasteiger partial charge is 0.206 e. The van der Waals surface area contributed by atoms with Crippen LogP contribution in [0.1, 0.15) is 5.56 Å². The van der Waals surface area contributed by atoms with Crippen LogP contribution in [0.15, 0.2) is 48.8 Å². The first-order valence-corrected chi connectivity index (χ1v) is 10.8. The van der Waals surface area contributed by atoms with E-state index < -0.39 is 0 Å². The Morgan fingerprint density at radius 1 is 1.00 bits per heavy atom. The normalized spacial score (nSPS) is 14.6. The van der Waals surface area contributed by atoms with Crippen molar-refractivity contribution in [1.82, 2.24) is 35.1 Å². The minimum Gasteiger partial charge on any atom is -0.363 e. The number of rotatable bonds is 6. The quantitative estimate of drug-likeness (QED) is 0.430. The van der Waals surface area contributed by atoms with Gasteiger partial charge in [0, 0.05) is 64.8 Å². The van der Waals surface area contributed by atoms with E-state index in [1.54, 1.807) is 6.20 Å². The van der Waals surface area contributed by atoms with Gasteiger partial charge in [-0.05, 0) is 42.0 Å². The fourth-order valence-electron chi connectivity index (χ4n) is 3.84. The fourth-order valence-corrected chi connectivity index (χ4v) is 3.84. The molecule has 1 aliphatic rings. The Hall–Kier alpha value is -3.56. The molecule has 0 spiro atoms. The Bertz CT molecular complexity index is 1210. The SMILES string of the molecule is CN(C)c1ccnc(-c2ccc3nc(Nc4cc(CN5CCNCC5)ccn4)[nH]c3c2)n1. The van der Waals surface area contributed by atoms with Gasteiger partial charge in [0.05, 0.1) is 11.0 Å². The lowest BCUT2D eigenvalue weighted by atomic mass is 10.2. The number of nitrogens with zero attached hydrogens (tertiary/aromatic N) is 6. The van der Waals surface area contributed by atoms with Crippen LogP contribution in [0.2, 0.25) is 0 Å². The molecular weight excluding hydrogens is 402 g/mol. The summed E-state index contributed by atoms with van der Waals surface area (Å²) in [5.74, 6) is 2.99. The molecule has 5 rings (SSSR count). The maximum absolute atomic E-state index is 4.66. The van der Waals surface area contributed by atoms with Crippen LogP contribution in [0.5, 0.6) is 0 Å². The zero-order chi connectivity index (χ0) is 21.9. The van der Waals surface area contributed by atoms with Crippen LogP contribution >= 0.6 is 0 Å². The molecule has 0 saturated carbocycles. The van der Waals surface area contributed by atoms with Crippen molar-refractivity contribution in [2.24, 2.45) is 0 Å². The Morgan fingerprint density at radius 3 is 2.69 bits per heavy atom. The number of benzene rings is 1. The second-order valence-corrected chi connectivity index (χ2v) is 8.15. The lowest BCUT2D eigenvalue weighted by Gasteiger charge is -2.27. The van der Waals surface area contributed by atoms with Crippen LogP contribution in [-0.4, -0.2) is 70.1 Å². The first-order valence-electron chi connectivity index (χ1n) is 10.8. The average molecular weight is 430 g/mol. The van der Waals surface area contributed by atoms with Gasteiger partial charge in [0.15, 0.2) is 5.82 Å². The fraction of sp³-hybridized carbons (Fsp3) is 0.304. The number of H-pyrrole nitrogens is 1. The van der Waals surface area contributed by atoms with Crippen molar-refractivity contribution in [2.45, 2.75) is 6.54 Å². The molecule has 32 heavy (non-hydrogen) atoms. The summed E-state index contributed by atoms with van der Waals surface area (Å²) in [4.78, 5) is 25.9. The van der Waals surface area contributed by atoms with E-state index in [1.807, 2.05) is 49.5 Å². The topological polar surface area (TPSA) is 97.9 Å². The number of nitrogens with one attached hydrogen (secondary N) is 3. The third kappa shape index (κ3) is 4.53. The molecule has 164 valence electrons. The molecule has 1 saturated heterocycles. The van der Waals surface area contributed by atoms with Gasteiger partial charge in [0.2, 0.25) is 5.95 Å². The number of imidazole rings is 1. The Morgan fingerprint density at radius 2 is 1.84 bits per heavy atom. The lowest BCUT2D eigenvalue weighted by molar-refractivity contribution is 0.233. The van der Waals surface area contributed by atoms with Crippen molar-refractivity contribution in [3.8, 4) is 11.4 Å². The van der Waals surface area contributed by atoms with Gasteiger partial charge in [-0.25, -0.2) is 19.9 Å². The summed E-state index contributed by atoms with van der Waals surface area (Å²) in [7, 11) is 3.93. The highest BCUT2D eigenvalue weighted by Crippen LogP contribution is 2.24. The molecule has 0 aliphatic carbocycles. The molecule has 1 aliphatic heterocycles. The van der Waals surface area contributed by atoms with E-state index >= 15 is 0 Å². The zero-order valence-electron chi connectivity index (χ0n) is 18.3. The van der Waals surface area contributed by atoms with Crippen LogP contribution in [-0.2, 0) is 6.54 Å². The third-order valence-electron chi connectivity index (χ3n) is 5.53. The van der Waals surface area contributed by atoms with Crippen LogP contribution in [0.25, 0.3) is 22.4 Å². The number of aromatic nitrogens is 5. The number of hydrogen-bond acceptors (Lipinski definition) is 8. The van der Waals surface area contributed by atoms with E-state index in [1.165, 1.54) is 5.56 Å². The molecule has 4 heterocycles. The van der Waals surface area contributed by atoms with Crippen molar-refractivity contribution in [1.29, 1.82) is 0 Å². The molecular formula is C23H27N9. The maximum atomic E-state index is 4.66. The van der Waals surface area contributed by atoms with Crippen LogP contribution in [0.4, 0.5) is 17.6 Å². The van der Waals surface area contributed by atoms with Gasteiger partial charge >= 0.3 is 0 Å². The van der Waals surface area contributed by atoms with Gasteiger partial charge in [-0.2, -0.15) is 0 Å². The molecule has 0 atom stereocenters. The molecule has 1 fully saturated rings. The Labute approximate surface area is 186 Å². The van der Waals surface area contributed by atoms with E-state index in [0.29, 0.717) is 11.8 Å². The molecule has 4 aromatic rings.